The second-order valence-electron chi connectivity index (χ2n) is 5.22. The first-order valence-corrected chi connectivity index (χ1v) is 7.19. The first-order valence-electron chi connectivity index (χ1n) is 6.11. The number of aromatic nitrogens is 2. The first kappa shape index (κ1) is 15.6. The highest BCUT2D eigenvalue weighted by Crippen LogP contribution is 2.27. The molecule has 0 amide bonds. The molecule has 0 aliphatic carbocycles. The van der Waals surface area contributed by atoms with Gasteiger partial charge >= 0.3 is 0 Å². The summed E-state index contributed by atoms with van der Waals surface area (Å²) in [4.78, 5) is 9.23. The normalized spacial score (nSPS) is 12.0. The fourth-order valence-corrected chi connectivity index (χ4v) is 2.27. The standard InChI is InChI=1S/C13H22IN3O/c1-8(2)7-9-10(14)11(15-5)17-12(16-9)13(3,4)18-6/h8H,7H2,1-6H3,(H,15,16,17). The van der Waals surface area contributed by atoms with Gasteiger partial charge in [0.15, 0.2) is 5.82 Å². The van der Waals surface area contributed by atoms with Gasteiger partial charge in [-0.25, -0.2) is 9.97 Å². The van der Waals surface area contributed by atoms with E-state index in [0.717, 1.165) is 27.3 Å². The van der Waals surface area contributed by atoms with Gasteiger partial charge in [0, 0.05) is 14.2 Å². The van der Waals surface area contributed by atoms with Crippen molar-refractivity contribution in [3.8, 4) is 0 Å². The van der Waals surface area contributed by atoms with E-state index >= 15 is 0 Å². The third-order valence-corrected chi connectivity index (χ3v) is 3.94. The summed E-state index contributed by atoms with van der Waals surface area (Å²) in [5, 5.41) is 3.13. The van der Waals surface area contributed by atoms with E-state index in [9.17, 15) is 0 Å². The smallest absolute Gasteiger partial charge is 0.162 e. The molecule has 1 heterocycles. The van der Waals surface area contributed by atoms with Crippen LogP contribution in [-0.2, 0) is 16.8 Å². The number of ether oxygens (including phenoxy) is 1. The van der Waals surface area contributed by atoms with Crippen molar-refractivity contribution in [1.82, 2.24) is 9.97 Å². The van der Waals surface area contributed by atoms with Gasteiger partial charge in [-0.1, -0.05) is 13.8 Å². The number of nitrogens with zero attached hydrogens (tertiary/aromatic N) is 2. The monoisotopic (exact) mass is 363 g/mol. The number of hydrogen-bond donors (Lipinski definition) is 1. The molecule has 0 bridgehead atoms. The van der Waals surface area contributed by atoms with E-state index in [4.69, 9.17) is 4.74 Å². The van der Waals surface area contributed by atoms with E-state index in [1.54, 1.807) is 7.11 Å². The van der Waals surface area contributed by atoms with Crippen molar-refractivity contribution in [1.29, 1.82) is 0 Å². The lowest BCUT2D eigenvalue weighted by atomic mass is 10.1. The van der Waals surface area contributed by atoms with Crippen LogP contribution in [0.15, 0.2) is 0 Å². The molecule has 0 radical (unpaired) electrons. The Kier molecular flexibility index (Phi) is 5.33. The molecule has 18 heavy (non-hydrogen) atoms. The van der Waals surface area contributed by atoms with Crippen LogP contribution in [0.3, 0.4) is 0 Å². The molecule has 0 aliphatic heterocycles. The van der Waals surface area contributed by atoms with Crippen molar-refractivity contribution >= 4 is 28.4 Å². The van der Waals surface area contributed by atoms with Gasteiger partial charge < -0.3 is 10.1 Å². The average Bonchev–Trinajstić information content (AvgIpc) is 2.31. The molecular formula is C13H22IN3O. The molecule has 5 heteroatoms. The molecular weight excluding hydrogens is 341 g/mol. The maximum absolute atomic E-state index is 5.47. The van der Waals surface area contributed by atoms with E-state index in [1.807, 2.05) is 20.9 Å². The van der Waals surface area contributed by atoms with E-state index in [0.29, 0.717) is 5.92 Å². The minimum Gasteiger partial charge on any atom is -0.372 e. The zero-order valence-corrected chi connectivity index (χ0v) is 14.1. The highest BCUT2D eigenvalue weighted by Gasteiger charge is 2.25. The van der Waals surface area contributed by atoms with Crippen LogP contribution in [0.5, 0.6) is 0 Å². The van der Waals surface area contributed by atoms with E-state index in [1.165, 1.54) is 0 Å². The molecule has 4 nitrogen and oxygen atoms in total. The summed E-state index contributed by atoms with van der Waals surface area (Å²) in [5.41, 5.74) is 0.617. The van der Waals surface area contributed by atoms with Crippen LogP contribution in [0.25, 0.3) is 0 Å². The van der Waals surface area contributed by atoms with Gasteiger partial charge in [0.05, 0.1) is 9.26 Å². The van der Waals surface area contributed by atoms with Crippen molar-refractivity contribution in [2.75, 3.05) is 19.5 Å². The SMILES string of the molecule is CNc1nc(C(C)(C)OC)nc(CC(C)C)c1I. The predicted molar refractivity (Wildman–Crippen MR) is 82.9 cm³/mol. The third-order valence-electron chi connectivity index (χ3n) is 2.81. The van der Waals surface area contributed by atoms with Gasteiger partial charge in [-0.15, -0.1) is 0 Å². The second-order valence-corrected chi connectivity index (χ2v) is 6.30. The number of nitrogens with one attached hydrogen (secondary N) is 1. The molecule has 0 fully saturated rings. The van der Waals surface area contributed by atoms with Crippen LogP contribution in [0, 0.1) is 9.49 Å². The fourth-order valence-electron chi connectivity index (χ4n) is 1.54. The lowest BCUT2D eigenvalue weighted by molar-refractivity contribution is 0.0113. The summed E-state index contributed by atoms with van der Waals surface area (Å²) in [6.45, 7) is 8.35. The van der Waals surface area contributed by atoms with Crippen LogP contribution in [-0.4, -0.2) is 24.1 Å². The van der Waals surface area contributed by atoms with Crippen LogP contribution < -0.4 is 5.32 Å². The zero-order chi connectivity index (χ0) is 13.9. The molecule has 0 unspecified atom stereocenters. The van der Waals surface area contributed by atoms with Crippen molar-refractivity contribution in [3.63, 3.8) is 0 Å². The number of methoxy groups -OCH3 is 1. The van der Waals surface area contributed by atoms with Gasteiger partial charge in [0.25, 0.3) is 0 Å². The molecule has 0 saturated carbocycles. The Hall–Kier alpha value is -0.430. The fraction of sp³-hybridized carbons (Fsp3) is 0.692. The van der Waals surface area contributed by atoms with E-state index in [-0.39, 0.29) is 0 Å². The molecule has 0 spiro atoms. The molecule has 0 atom stereocenters. The summed E-state index contributed by atoms with van der Waals surface area (Å²) < 4.78 is 6.56. The Morgan fingerprint density at radius 2 is 1.94 bits per heavy atom. The van der Waals surface area contributed by atoms with Crippen LogP contribution in [0.4, 0.5) is 5.82 Å². The van der Waals surface area contributed by atoms with Gasteiger partial charge in [0.2, 0.25) is 0 Å². The minimum atomic E-state index is -0.471. The summed E-state index contributed by atoms with van der Waals surface area (Å²) in [6.07, 6.45) is 0.947. The average molecular weight is 363 g/mol. The quantitative estimate of drug-likeness (QED) is 0.817. The minimum absolute atomic E-state index is 0.471. The number of anilines is 1. The van der Waals surface area contributed by atoms with Crippen molar-refractivity contribution in [2.24, 2.45) is 5.92 Å². The molecule has 102 valence electrons. The van der Waals surface area contributed by atoms with Crippen LogP contribution in [0.1, 0.15) is 39.2 Å². The number of halogens is 1. The Morgan fingerprint density at radius 1 is 1.33 bits per heavy atom. The molecule has 0 aliphatic rings. The highest BCUT2D eigenvalue weighted by atomic mass is 127. The summed E-state index contributed by atoms with van der Waals surface area (Å²) in [5.74, 6) is 2.17. The Labute approximate surface area is 123 Å². The largest absolute Gasteiger partial charge is 0.372 e. The first-order chi connectivity index (χ1) is 8.31. The number of rotatable bonds is 5. The molecule has 1 rings (SSSR count). The van der Waals surface area contributed by atoms with Crippen LogP contribution >= 0.6 is 22.6 Å². The Morgan fingerprint density at radius 3 is 2.39 bits per heavy atom. The molecule has 0 saturated heterocycles. The van der Waals surface area contributed by atoms with Crippen molar-refractivity contribution in [3.05, 3.63) is 15.1 Å². The summed E-state index contributed by atoms with van der Waals surface area (Å²) in [7, 11) is 3.57. The number of hydrogen-bond acceptors (Lipinski definition) is 4. The van der Waals surface area contributed by atoms with E-state index in [2.05, 4.69) is 51.7 Å². The van der Waals surface area contributed by atoms with Crippen LogP contribution in [0.2, 0.25) is 0 Å². The Balaban J connectivity index is 3.30. The van der Waals surface area contributed by atoms with Gasteiger partial charge in [-0.2, -0.15) is 0 Å². The van der Waals surface area contributed by atoms with Gasteiger partial charge in [-0.05, 0) is 48.8 Å². The summed E-state index contributed by atoms with van der Waals surface area (Å²) in [6, 6.07) is 0. The molecule has 1 aromatic heterocycles. The second kappa shape index (κ2) is 6.14. The summed E-state index contributed by atoms with van der Waals surface area (Å²) >= 11 is 2.30. The lowest BCUT2D eigenvalue weighted by Gasteiger charge is -2.23. The van der Waals surface area contributed by atoms with Crippen molar-refractivity contribution < 1.29 is 4.74 Å². The lowest BCUT2D eigenvalue weighted by Crippen LogP contribution is -2.25. The molecule has 1 aromatic rings. The van der Waals surface area contributed by atoms with E-state index < -0.39 is 5.60 Å². The Bertz CT molecular complexity index is 419. The van der Waals surface area contributed by atoms with Gasteiger partial charge in [-0.3, -0.25) is 0 Å². The molecule has 0 aromatic carbocycles. The highest BCUT2D eigenvalue weighted by molar-refractivity contribution is 14.1. The topological polar surface area (TPSA) is 47.0 Å². The third kappa shape index (κ3) is 3.54. The maximum atomic E-state index is 5.47. The van der Waals surface area contributed by atoms with Gasteiger partial charge in [0.1, 0.15) is 11.4 Å². The molecule has 1 N–H and O–H groups in total. The van der Waals surface area contributed by atoms with Crippen molar-refractivity contribution in [2.45, 2.75) is 39.7 Å². The zero-order valence-electron chi connectivity index (χ0n) is 12.0. The maximum Gasteiger partial charge on any atom is 0.162 e. The predicted octanol–water partition coefficient (Wildman–Crippen LogP) is 3.20.